The van der Waals surface area contributed by atoms with Crippen molar-refractivity contribution in [2.24, 2.45) is 0 Å². The van der Waals surface area contributed by atoms with Crippen LogP contribution in [0.1, 0.15) is 54.4 Å². The van der Waals surface area contributed by atoms with E-state index in [1.165, 1.54) is 0 Å². The van der Waals surface area contributed by atoms with E-state index in [1.807, 2.05) is 37.1 Å². The topological polar surface area (TPSA) is 68.5 Å². The van der Waals surface area contributed by atoms with Crippen molar-refractivity contribution in [3.63, 3.8) is 0 Å². The number of carbonyl (C=O) groups is 1. The van der Waals surface area contributed by atoms with Crippen LogP contribution >= 0.6 is 0 Å². The van der Waals surface area contributed by atoms with Crippen LogP contribution in [0.15, 0.2) is 35.1 Å². The summed E-state index contributed by atoms with van der Waals surface area (Å²) in [5.41, 5.74) is 1.88. The summed E-state index contributed by atoms with van der Waals surface area (Å²) in [6.07, 6.45) is 5.40. The highest BCUT2D eigenvalue weighted by atomic mass is 16.5. The maximum absolute atomic E-state index is 12.5. The Hall–Kier alpha value is -2.21. The van der Waals surface area contributed by atoms with Gasteiger partial charge < -0.3 is 14.2 Å². The molecule has 1 aliphatic rings. The third kappa shape index (κ3) is 4.00. The van der Waals surface area contributed by atoms with Crippen LogP contribution in [0, 0.1) is 0 Å². The summed E-state index contributed by atoms with van der Waals surface area (Å²) >= 11 is 0. The lowest BCUT2D eigenvalue weighted by atomic mass is 10.1. The van der Waals surface area contributed by atoms with Crippen molar-refractivity contribution >= 4 is 5.91 Å². The Morgan fingerprint density at radius 2 is 2.21 bits per heavy atom. The molecule has 128 valence electrons. The Labute approximate surface area is 141 Å². The SMILES string of the molecule is CC(C)c1cc(C(=O)N2CCC(OCc3cccnc3)CC2)on1. The summed E-state index contributed by atoms with van der Waals surface area (Å²) in [5, 5.41) is 3.96. The van der Waals surface area contributed by atoms with Gasteiger partial charge in [-0.25, -0.2) is 0 Å². The van der Waals surface area contributed by atoms with Gasteiger partial charge in [0.15, 0.2) is 0 Å². The van der Waals surface area contributed by atoms with Gasteiger partial charge in [-0.05, 0) is 30.4 Å². The molecule has 0 unspecified atom stereocenters. The van der Waals surface area contributed by atoms with Crippen LogP contribution in [-0.2, 0) is 11.3 Å². The molecule has 0 bridgehead atoms. The predicted molar refractivity (Wildman–Crippen MR) is 88.5 cm³/mol. The number of likely N-dealkylation sites (tertiary alicyclic amines) is 1. The second-order valence-corrected chi connectivity index (χ2v) is 6.43. The predicted octanol–water partition coefficient (Wildman–Crippen LogP) is 3.01. The second-order valence-electron chi connectivity index (χ2n) is 6.43. The molecule has 0 N–H and O–H groups in total. The molecule has 0 spiro atoms. The minimum absolute atomic E-state index is 0.0832. The Morgan fingerprint density at radius 3 is 2.83 bits per heavy atom. The first-order chi connectivity index (χ1) is 11.6. The first-order valence-electron chi connectivity index (χ1n) is 8.40. The van der Waals surface area contributed by atoms with Gasteiger partial charge in [0.2, 0.25) is 5.76 Å². The molecular formula is C18H23N3O3. The highest BCUT2D eigenvalue weighted by molar-refractivity contribution is 5.91. The average Bonchev–Trinajstić information content (AvgIpc) is 3.11. The zero-order valence-corrected chi connectivity index (χ0v) is 14.1. The molecule has 2 aromatic heterocycles. The number of ether oxygens (including phenoxy) is 1. The molecule has 0 radical (unpaired) electrons. The molecule has 0 atom stereocenters. The molecule has 1 saturated heterocycles. The van der Waals surface area contributed by atoms with Crippen molar-refractivity contribution in [2.45, 2.75) is 45.3 Å². The van der Waals surface area contributed by atoms with Gasteiger partial charge in [0.25, 0.3) is 5.91 Å². The van der Waals surface area contributed by atoms with E-state index < -0.39 is 0 Å². The number of hydrogen-bond donors (Lipinski definition) is 0. The number of carbonyl (C=O) groups excluding carboxylic acids is 1. The molecule has 0 aliphatic carbocycles. The molecule has 0 aromatic carbocycles. The van der Waals surface area contributed by atoms with Crippen molar-refractivity contribution in [1.82, 2.24) is 15.0 Å². The van der Waals surface area contributed by atoms with Crippen molar-refractivity contribution in [3.8, 4) is 0 Å². The molecule has 24 heavy (non-hydrogen) atoms. The van der Waals surface area contributed by atoms with Gasteiger partial charge in [-0.2, -0.15) is 0 Å². The van der Waals surface area contributed by atoms with Crippen LogP contribution in [0.4, 0.5) is 0 Å². The van der Waals surface area contributed by atoms with Gasteiger partial charge in [0.05, 0.1) is 18.4 Å². The number of nitrogens with zero attached hydrogens (tertiary/aromatic N) is 3. The zero-order chi connectivity index (χ0) is 16.9. The van der Waals surface area contributed by atoms with Gasteiger partial charge in [-0.1, -0.05) is 25.1 Å². The fraction of sp³-hybridized carbons (Fsp3) is 0.500. The minimum atomic E-state index is -0.0832. The van der Waals surface area contributed by atoms with E-state index in [1.54, 1.807) is 12.3 Å². The van der Waals surface area contributed by atoms with Gasteiger partial charge in [-0.15, -0.1) is 0 Å². The zero-order valence-electron chi connectivity index (χ0n) is 14.1. The highest BCUT2D eigenvalue weighted by Crippen LogP contribution is 2.20. The van der Waals surface area contributed by atoms with E-state index >= 15 is 0 Å². The first kappa shape index (κ1) is 16.6. The summed E-state index contributed by atoms with van der Waals surface area (Å²) in [6, 6.07) is 5.66. The lowest BCUT2D eigenvalue weighted by Gasteiger charge is -2.31. The van der Waals surface area contributed by atoms with Crippen LogP contribution < -0.4 is 0 Å². The standard InChI is InChI=1S/C18H23N3O3/c1-13(2)16-10-17(24-20-16)18(22)21-8-5-15(6-9-21)23-12-14-4-3-7-19-11-14/h3-4,7,10-11,13,15H,5-6,8-9,12H2,1-2H3. The van der Waals surface area contributed by atoms with E-state index in [9.17, 15) is 4.79 Å². The average molecular weight is 329 g/mol. The van der Waals surface area contributed by atoms with Crippen LogP contribution in [0.3, 0.4) is 0 Å². The number of hydrogen-bond acceptors (Lipinski definition) is 5. The van der Waals surface area contributed by atoms with Crippen molar-refractivity contribution in [3.05, 3.63) is 47.6 Å². The number of aromatic nitrogens is 2. The van der Waals surface area contributed by atoms with E-state index in [0.29, 0.717) is 25.5 Å². The van der Waals surface area contributed by atoms with Crippen molar-refractivity contribution < 1.29 is 14.1 Å². The van der Waals surface area contributed by atoms with E-state index in [2.05, 4.69) is 10.1 Å². The van der Waals surface area contributed by atoms with Gasteiger partial charge >= 0.3 is 0 Å². The van der Waals surface area contributed by atoms with Crippen LogP contribution in [0.2, 0.25) is 0 Å². The maximum Gasteiger partial charge on any atom is 0.292 e. The first-order valence-corrected chi connectivity index (χ1v) is 8.40. The summed E-state index contributed by atoms with van der Waals surface area (Å²) in [6.45, 7) is 5.96. The largest absolute Gasteiger partial charge is 0.373 e. The molecule has 3 rings (SSSR count). The maximum atomic E-state index is 12.5. The van der Waals surface area contributed by atoms with Crippen LogP contribution in [0.25, 0.3) is 0 Å². The van der Waals surface area contributed by atoms with Gasteiger partial charge in [-0.3, -0.25) is 9.78 Å². The van der Waals surface area contributed by atoms with Gasteiger partial charge in [0, 0.05) is 31.5 Å². The summed E-state index contributed by atoms with van der Waals surface area (Å²) in [7, 11) is 0. The Kier molecular flexibility index (Phi) is 5.25. The molecule has 6 heteroatoms. The van der Waals surface area contributed by atoms with Crippen LogP contribution in [-0.4, -0.2) is 40.1 Å². The second kappa shape index (κ2) is 7.57. The number of amides is 1. The molecule has 2 aromatic rings. The van der Waals surface area contributed by atoms with E-state index in [4.69, 9.17) is 9.26 Å². The van der Waals surface area contributed by atoms with Crippen LogP contribution in [0.5, 0.6) is 0 Å². The summed E-state index contributed by atoms with van der Waals surface area (Å²) < 4.78 is 11.1. The smallest absolute Gasteiger partial charge is 0.292 e. The third-order valence-corrected chi connectivity index (χ3v) is 4.27. The number of rotatable bonds is 5. The Balaban J connectivity index is 1.48. The number of pyridine rings is 1. The van der Waals surface area contributed by atoms with Crippen molar-refractivity contribution in [1.29, 1.82) is 0 Å². The lowest BCUT2D eigenvalue weighted by Crippen LogP contribution is -2.40. The van der Waals surface area contributed by atoms with E-state index in [-0.39, 0.29) is 17.9 Å². The molecule has 6 nitrogen and oxygen atoms in total. The van der Waals surface area contributed by atoms with Crippen molar-refractivity contribution in [2.75, 3.05) is 13.1 Å². The van der Waals surface area contributed by atoms with E-state index in [0.717, 1.165) is 24.1 Å². The monoisotopic (exact) mass is 329 g/mol. The molecule has 3 heterocycles. The number of piperidine rings is 1. The highest BCUT2D eigenvalue weighted by Gasteiger charge is 2.26. The molecule has 1 fully saturated rings. The Morgan fingerprint density at radius 1 is 1.42 bits per heavy atom. The summed E-state index contributed by atoms with van der Waals surface area (Å²) in [4.78, 5) is 18.4. The minimum Gasteiger partial charge on any atom is -0.373 e. The normalized spacial score (nSPS) is 15.9. The molecule has 1 amide bonds. The lowest BCUT2D eigenvalue weighted by molar-refractivity contribution is -0.00129. The molecule has 1 aliphatic heterocycles. The third-order valence-electron chi connectivity index (χ3n) is 4.27. The quantitative estimate of drug-likeness (QED) is 0.843. The fourth-order valence-corrected chi connectivity index (χ4v) is 2.74. The van der Waals surface area contributed by atoms with Gasteiger partial charge in [0.1, 0.15) is 0 Å². The molecular weight excluding hydrogens is 306 g/mol. The molecule has 0 saturated carbocycles. The Bertz CT molecular complexity index is 661. The fourth-order valence-electron chi connectivity index (χ4n) is 2.74. The summed E-state index contributed by atoms with van der Waals surface area (Å²) in [5.74, 6) is 0.496.